The summed E-state index contributed by atoms with van der Waals surface area (Å²) in [7, 11) is 1.57. The van der Waals surface area contributed by atoms with Crippen LogP contribution in [-0.2, 0) is 11.3 Å². The van der Waals surface area contributed by atoms with Crippen LogP contribution in [-0.4, -0.2) is 30.6 Å². The van der Waals surface area contributed by atoms with E-state index in [1.165, 1.54) is 6.07 Å². The smallest absolute Gasteiger partial charge is 0.226 e. The van der Waals surface area contributed by atoms with E-state index in [0.717, 1.165) is 12.8 Å². The fraction of sp³-hybridized carbons (Fsp3) is 0.350. The maximum absolute atomic E-state index is 14.1. The van der Waals surface area contributed by atoms with E-state index in [1.54, 1.807) is 36.3 Å². The van der Waals surface area contributed by atoms with E-state index in [-0.39, 0.29) is 37.3 Å². The van der Waals surface area contributed by atoms with Crippen molar-refractivity contribution in [1.82, 2.24) is 4.90 Å². The zero-order valence-electron chi connectivity index (χ0n) is 14.6. The number of hydrogen-bond donors (Lipinski definition) is 0. The third-order valence-corrected chi connectivity index (χ3v) is 4.69. The SMILES string of the molecule is COc1ccccc1OCCC(=O)N(Cc1c(F)cccc1Cl)C1CC1. The number of nitrogens with zero attached hydrogens (tertiary/aromatic N) is 1. The van der Waals surface area contributed by atoms with Crippen LogP contribution in [0.15, 0.2) is 42.5 Å². The van der Waals surface area contributed by atoms with Crippen LogP contribution in [0.4, 0.5) is 4.39 Å². The number of methoxy groups -OCH3 is 1. The van der Waals surface area contributed by atoms with E-state index in [4.69, 9.17) is 21.1 Å². The maximum Gasteiger partial charge on any atom is 0.226 e. The summed E-state index contributed by atoms with van der Waals surface area (Å²) in [5, 5.41) is 0.341. The average Bonchev–Trinajstić information content (AvgIpc) is 3.47. The predicted molar refractivity (Wildman–Crippen MR) is 98.1 cm³/mol. The Kier molecular flexibility index (Phi) is 5.99. The molecule has 2 aromatic carbocycles. The number of carbonyl (C=O) groups excluding carboxylic acids is 1. The molecule has 4 nitrogen and oxygen atoms in total. The molecule has 0 heterocycles. The molecule has 26 heavy (non-hydrogen) atoms. The molecule has 0 N–H and O–H groups in total. The number of benzene rings is 2. The van der Waals surface area contributed by atoms with E-state index in [1.807, 2.05) is 12.1 Å². The van der Waals surface area contributed by atoms with Crippen molar-refractivity contribution in [1.29, 1.82) is 0 Å². The number of carbonyl (C=O) groups is 1. The van der Waals surface area contributed by atoms with Crippen molar-refractivity contribution in [2.45, 2.75) is 31.8 Å². The molecule has 0 aromatic heterocycles. The minimum Gasteiger partial charge on any atom is -0.493 e. The van der Waals surface area contributed by atoms with Crippen molar-refractivity contribution < 1.29 is 18.7 Å². The third kappa shape index (κ3) is 4.47. The second-order valence-electron chi connectivity index (χ2n) is 6.20. The van der Waals surface area contributed by atoms with Crippen LogP contribution in [0.25, 0.3) is 0 Å². The molecule has 0 bridgehead atoms. The fourth-order valence-electron chi connectivity index (χ4n) is 2.79. The van der Waals surface area contributed by atoms with Crippen molar-refractivity contribution in [3.63, 3.8) is 0 Å². The number of ether oxygens (including phenoxy) is 2. The molecule has 0 atom stereocenters. The fourth-order valence-corrected chi connectivity index (χ4v) is 3.01. The molecular formula is C20H21ClFNO3. The highest BCUT2D eigenvalue weighted by Gasteiger charge is 2.33. The van der Waals surface area contributed by atoms with Crippen LogP contribution in [0, 0.1) is 5.82 Å². The lowest BCUT2D eigenvalue weighted by atomic mass is 10.2. The van der Waals surface area contributed by atoms with Gasteiger partial charge in [0.1, 0.15) is 5.82 Å². The Morgan fingerprint density at radius 2 is 1.92 bits per heavy atom. The first kappa shape index (κ1) is 18.5. The molecule has 1 aliphatic carbocycles. The Bertz CT molecular complexity index is 759. The van der Waals surface area contributed by atoms with Crippen molar-refractivity contribution in [2.24, 2.45) is 0 Å². The standard InChI is InChI=1S/C20H21ClFNO3/c1-25-18-7-2-3-8-19(18)26-12-11-20(24)23(14-9-10-14)13-15-16(21)5-4-6-17(15)22/h2-8,14H,9-13H2,1H3. The molecule has 1 saturated carbocycles. The summed E-state index contributed by atoms with van der Waals surface area (Å²) >= 11 is 6.10. The average molecular weight is 378 g/mol. The topological polar surface area (TPSA) is 38.8 Å². The van der Waals surface area contributed by atoms with Crippen LogP contribution in [0.5, 0.6) is 11.5 Å². The Balaban J connectivity index is 1.61. The van der Waals surface area contributed by atoms with Crippen molar-refractivity contribution in [3.8, 4) is 11.5 Å². The van der Waals surface area contributed by atoms with Gasteiger partial charge in [-0.2, -0.15) is 0 Å². The number of hydrogen-bond acceptors (Lipinski definition) is 3. The Morgan fingerprint density at radius 3 is 2.58 bits per heavy atom. The molecule has 0 aliphatic heterocycles. The van der Waals surface area contributed by atoms with Crippen molar-refractivity contribution in [3.05, 3.63) is 58.9 Å². The largest absolute Gasteiger partial charge is 0.493 e. The summed E-state index contributed by atoms with van der Waals surface area (Å²) in [6.07, 6.45) is 2.08. The molecule has 138 valence electrons. The lowest BCUT2D eigenvalue weighted by Gasteiger charge is -2.23. The minimum atomic E-state index is -0.388. The van der Waals surface area contributed by atoms with Crippen LogP contribution in [0.1, 0.15) is 24.8 Å². The number of halogens is 2. The predicted octanol–water partition coefficient (Wildman–Crippen LogP) is 4.45. The molecule has 0 saturated heterocycles. The second-order valence-corrected chi connectivity index (χ2v) is 6.61. The number of rotatable bonds is 8. The monoisotopic (exact) mass is 377 g/mol. The summed E-state index contributed by atoms with van der Waals surface area (Å²) in [6, 6.07) is 12.0. The number of amides is 1. The normalized spacial score (nSPS) is 13.3. The highest BCUT2D eigenvalue weighted by atomic mass is 35.5. The Hall–Kier alpha value is -2.27. The van der Waals surface area contributed by atoms with Gasteiger partial charge >= 0.3 is 0 Å². The lowest BCUT2D eigenvalue weighted by molar-refractivity contribution is -0.133. The van der Waals surface area contributed by atoms with Gasteiger partial charge in [-0.1, -0.05) is 29.8 Å². The third-order valence-electron chi connectivity index (χ3n) is 4.34. The number of para-hydroxylation sites is 2. The first-order chi connectivity index (χ1) is 12.6. The Morgan fingerprint density at radius 1 is 1.19 bits per heavy atom. The van der Waals surface area contributed by atoms with E-state index in [2.05, 4.69) is 0 Å². The van der Waals surface area contributed by atoms with Gasteiger partial charge in [-0.05, 0) is 37.1 Å². The molecule has 0 radical (unpaired) electrons. The molecule has 2 aromatic rings. The van der Waals surface area contributed by atoms with E-state index < -0.39 is 0 Å². The first-order valence-corrected chi connectivity index (χ1v) is 8.96. The minimum absolute atomic E-state index is 0.0679. The van der Waals surface area contributed by atoms with E-state index in [9.17, 15) is 9.18 Å². The zero-order chi connectivity index (χ0) is 18.5. The molecule has 1 aliphatic rings. The molecule has 1 fully saturated rings. The van der Waals surface area contributed by atoms with Gasteiger partial charge in [-0.3, -0.25) is 4.79 Å². The maximum atomic E-state index is 14.1. The first-order valence-electron chi connectivity index (χ1n) is 8.58. The second kappa shape index (κ2) is 8.41. The Labute approximate surface area is 157 Å². The van der Waals surface area contributed by atoms with Gasteiger partial charge < -0.3 is 14.4 Å². The van der Waals surface area contributed by atoms with Gasteiger partial charge in [0.2, 0.25) is 5.91 Å². The van der Waals surface area contributed by atoms with Crippen LogP contribution < -0.4 is 9.47 Å². The van der Waals surface area contributed by atoms with Crippen molar-refractivity contribution in [2.75, 3.05) is 13.7 Å². The molecule has 3 rings (SSSR count). The van der Waals surface area contributed by atoms with E-state index in [0.29, 0.717) is 22.1 Å². The molecule has 0 unspecified atom stereocenters. The lowest BCUT2D eigenvalue weighted by Crippen LogP contribution is -2.33. The van der Waals surface area contributed by atoms with Crippen molar-refractivity contribution >= 4 is 17.5 Å². The van der Waals surface area contributed by atoms with Gasteiger partial charge in [0.15, 0.2) is 11.5 Å². The highest BCUT2D eigenvalue weighted by molar-refractivity contribution is 6.31. The molecule has 6 heteroatoms. The van der Waals surface area contributed by atoms with Gasteiger partial charge in [0, 0.05) is 16.6 Å². The molecule has 1 amide bonds. The molecular weight excluding hydrogens is 357 g/mol. The molecule has 0 spiro atoms. The van der Waals surface area contributed by atoms with Gasteiger partial charge in [0.25, 0.3) is 0 Å². The van der Waals surface area contributed by atoms with Gasteiger partial charge in [-0.15, -0.1) is 0 Å². The summed E-state index contributed by atoms with van der Waals surface area (Å²) in [6.45, 7) is 0.414. The summed E-state index contributed by atoms with van der Waals surface area (Å²) in [5.41, 5.74) is 0.361. The van der Waals surface area contributed by atoms with Crippen LogP contribution in [0.2, 0.25) is 5.02 Å². The van der Waals surface area contributed by atoms with Crippen LogP contribution in [0.3, 0.4) is 0 Å². The van der Waals surface area contributed by atoms with E-state index >= 15 is 0 Å². The van der Waals surface area contributed by atoms with Gasteiger partial charge in [0.05, 0.1) is 26.7 Å². The highest BCUT2D eigenvalue weighted by Crippen LogP contribution is 2.31. The van der Waals surface area contributed by atoms with Crippen LogP contribution >= 0.6 is 11.6 Å². The summed E-state index contributed by atoms with van der Waals surface area (Å²) in [5.74, 6) is 0.762. The summed E-state index contributed by atoms with van der Waals surface area (Å²) in [4.78, 5) is 14.3. The summed E-state index contributed by atoms with van der Waals surface area (Å²) < 4.78 is 25.0. The quantitative estimate of drug-likeness (QED) is 0.682. The zero-order valence-corrected chi connectivity index (χ0v) is 15.3. The van der Waals surface area contributed by atoms with Gasteiger partial charge in [-0.25, -0.2) is 4.39 Å².